The van der Waals surface area contributed by atoms with Crippen LogP contribution in [0.15, 0.2) is 60.7 Å². The molecule has 1 aliphatic rings. The van der Waals surface area contributed by atoms with E-state index in [0.29, 0.717) is 12.3 Å². The summed E-state index contributed by atoms with van der Waals surface area (Å²) in [5, 5.41) is 2.70. The van der Waals surface area contributed by atoms with E-state index in [-0.39, 0.29) is 17.1 Å². The Labute approximate surface area is 208 Å². The highest BCUT2D eigenvalue weighted by atomic mass is 28.4. The molecule has 186 valence electrons. The zero-order valence-corrected chi connectivity index (χ0v) is 23.1. The summed E-state index contributed by atoms with van der Waals surface area (Å²) in [5.41, 5.74) is -0.406. The highest BCUT2D eigenvalue weighted by molar-refractivity contribution is 6.99. The zero-order valence-electron chi connectivity index (χ0n) is 22.1. The minimum Gasteiger partial charge on any atom is -0.460 e. The van der Waals surface area contributed by atoms with Gasteiger partial charge in [0.25, 0.3) is 8.32 Å². The van der Waals surface area contributed by atoms with Gasteiger partial charge in [0.15, 0.2) is 0 Å². The van der Waals surface area contributed by atoms with Crippen LogP contribution in [0, 0.1) is 5.92 Å². The van der Waals surface area contributed by atoms with E-state index in [4.69, 9.17) is 9.16 Å². The predicted molar refractivity (Wildman–Crippen MR) is 144 cm³/mol. The van der Waals surface area contributed by atoms with Crippen molar-refractivity contribution >= 4 is 24.7 Å². The van der Waals surface area contributed by atoms with Crippen LogP contribution in [-0.2, 0) is 14.0 Å². The molecule has 2 unspecified atom stereocenters. The van der Waals surface area contributed by atoms with Crippen LogP contribution in [0.5, 0.6) is 0 Å². The van der Waals surface area contributed by atoms with Gasteiger partial charge in [0.2, 0.25) is 0 Å². The maximum atomic E-state index is 12.1. The molecule has 1 saturated carbocycles. The Bertz CT molecular complexity index is 857. The van der Waals surface area contributed by atoms with E-state index in [2.05, 4.69) is 81.4 Å². The van der Waals surface area contributed by atoms with Crippen molar-refractivity contribution in [2.24, 2.45) is 5.92 Å². The molecule has 2 aromatic rings. The summed E-state index contributed by atoms with van der Waals surface area (Å²) in [5.74, 6) is 0.530. The van der Waals surface area contributed by atoms with Gasteiger partial charge in [0.05, 0.1) is 0 Å². The average Bonchev–Trinajstić information content (AvgIpc) is 2.77. The number of carbonyl (C=O) groups is 1. The van der Waals surface area contributed by atoms with Gasteiger partial charge in [-0.15, -0.1) is 0 Å². The summed E-state index contributed by atoms with van der Waals surface area (Å²) >= 11 is 0. The van der Waals surface area contributed by atoms with Gasteiger partial charge < -0.3 is 9.16 Å². The van der Waals surface area contributed by atoms with Gasteiger partial charge >= 0.3 is 5.97 Å². The molecule has 0 heterocycles. The van der Waals surface area contributed by atoms with Gasteiger partial charge in [0, 0.05) is 12.5 Å². The summed E-state index contributed by atoms with van der Waals surface area (Å²) < 4.78 is 12.9. The summed E-state index contributed by atoms with van der Waals surface area (Å²) in [4.78, 5) is 12.1. The van der Waals surface area contributed by atoms with Crippen LogP contribution in [0.2, 0.25) is 5.04 Å². The second-order valence-corrected chi connectivity index (χ2v) is 16.2. The predicted octanol–water partition coefficient (Wildman–Crippen LogP) is 6.63. The van der Waals surface area contributed by atoms with E-state index in [1.807, 2.05) is 20.8 Å². The zero-order chi connectivity index (χ0) is 24.8. The van der Waals surface area contributed by atoms with Crippen LogP contribution in [0.3, 0.4) is 0 Å². The smallest absolute Gasteiger partial charge is 0.306 e. The van der Waals surface area contributed by atoms with Crippen LogP contribution in [-0.4, -0.2) is 26.0 Å². The molecule has 0 aromatic heterocycles. The van der Waals surface area contributed by atoms with E-state index >= 15 is 0 Å². The van der Waals surface area contributed by atoms with E-state index < -0.39 is 13.9 Å². The molecule has 0 aliphatic heterocycles. The summed E-state index contributed by atoms with van der Waals surface area (Å²) in [6, 6.07) is 21.9. The molecule has 34 heavy (non-hydrogen) atoms. The van der Waals surface area contributed by atoms with Crippen molar-refractivity contribution in [2.75, 3.05) is 0 Å². The highest BCUT2D eigenvalue weighted by Gasteiger charge is 2.51. The lowest BCUT2D eigenvalue weighted by Crippen LogP contribution is -2.67. The first-order valence-corrected chi connectivity index (χ1v) is 14.9. The van der Waals surface area contributed by atoms with Gasteiger partial charge in [-0.2, -0.15) is 0 Å². The van der Waals surface area contributed by atoms with E-state index in [1.165, 1.54) is 23.2 Å². The summed E-state index contributed by atoms with van der Waals surface area (Å²) in [6.45, 7) is 12.8. The van der Waals surface area contributed by atoms with Crippen LogP contribution >= 0.6 is 0 Å². The first-order valence-electron chi connectivity index (χ1n) is 13.0. The Hall–Kier alpha value is -1.91. The van der Waals surface area contributed by atoms with Crippen molar-refractivity contribution in [2.45, 2.75) is 103 Å². The molecule has 3 nitrogen and oxygen atoms in total. The number of esters is 1. The van der Waals surface area contributed by atoms with Crippen molar-refractivity contribution in [3.8, 4) is 0 Å². The molecule has 0 amide bonds. The van der Waals surface area contributed by atoms with Crippen LogP contribution in [0.1, 0.15) is 86.5 Å². The first-order chi connectivity index (χ1) is 16.0. The van der Waals surface area contributed by atoms with E-state index in [0.717, 1.165) is 25.7 Å². The SMILES string of the molecule is CC(C)(C)OC(=O)CCCC1CCCC(O[Si](c2ccccc2)(c2ccccc2)C(C)(C)C)C1. The Balaban J connectivity index is 1.76. The number of rotatable bonds is 8. The van der Waals surface area contributed by atoms with Gasteiger partial charge in [-0.1, -0.05) is 94.3 Å². The number of hydrogen-bond donors (Lipinski definition) is 0. The average molecular weight is 481 g/mol. The van der Waals surface area contributed by atoms with Crippen LogP contribution < -0.4 is 10.4 Å². The molecule has 0 N–H and O–H groups in total. The molecule has 4 heteroatoms. The van der Waals surface area contributed by atoms with E-state index in [9.17, 15) is 4.79 Å². The molecule has 1 fully saturated rings. The monoisotopic (exact) mass is 480 g/mol. The van der Waals surface area contributed by atoms with Gasteiger partial charge in [-0.05, 0) is 67.8 Å². The van der Waals surface area contributed by atoms with E-state index in [1.54, 1.807) is 0 Å². The number of carbonyl (C=O) groups excluding carboxylic acids is 1. The number of hydrogen-bond acceptors (Lipinski definition) is 3. The fourth-order valence-electron chi connectivity index (χ4n) is 5.48. The summed E-state index contributed by atoms with van der Waals surface area (Å²) in [6.07, 6.45) is 7.35. The molecule has 0 saturated heterocycles. The largest absolute Gasteiger partial charge is 0.460 e. The Morgan fingerprint density at radius 3 is 1.94 bits per heavy atom. The standard InChI is InChI=1S/C30H44O3Si/c1-29(2,3)32-28(31)22-14-16-24-15-13-17-25(23-24)33-34(30(4,5)6,26-18-9-7-10-19-26)27-20-11-8-12-21-27/h7-12,18-21,24-25H,13-17,22-23H2,1-6H3. The molecular weight excluding hydrogens is 436 g/mol. The van der Waals surface area contributed by atoms with Crippen molar-refractivity contribution in [1.82, 2.24) is 0 Å². The number of ether oxygens (including phenoxy) is 1. The van der Waals surface area contributed by atoms with Gasteiger partial charge in [-0.3, -0.25) is 4.79 Å². The Morgan fingerprint density at radius 1 is 0.882 bits per heavy atom. The van der Waals surface area contributed by atoms with Crippen molar-refractivity contribution in [3.63, 3.8) is 0 Å². The number of benzene rings is 2. The van der Waals surface area contributed by atoms with Crippen molar-refractivity contribution in [1.29, 1.82) is 0 Å². The molecular formula is C30H44O3Si. The second-order valence-electron chi connectivity index (χ2n) is 11.9. The molecule has 0 radical (unpaired) electrons. The van der Waals surface area contributed by atoms with Crippen LogP contribution in [0.25, 0.3) is 0 Å². The molecule has 0 bridgehead atoms. The lowest BCUT2D eigenvalue weighted by molar-refractivity contribution is -0.155. The molecule has 0 spiro atoms. The topological polar surface area (TPSA) is 35.5 Å². The second kappa shape index (κ2) is 11.2. The Morgan fingerprint density at radius 2 is 1.44 bits per heavy atom. The maximum Gasteiger partial charge on any atom is 0.306 e. The first kappa shape index (κ1) is 26.7. The third kappa shape index (κ3) is 6.82. The minimum absolute atomic E-state index is 0.000631. The fraction of sp³-hybridized carbons (Fsp3) is 0.567. The third-order valence-electron chi connectivity index (χ3n) is 6.91. The highest BCUT2D eigenvalue weighted by Crippen LogP contribution is 2.40. The van der Waals surface area contributed by atoms with Crippen molar-refractivity contribution < 1.29 is 14.0 Å². The van der Waals surface area contributed by atoms with Gasteiger partial charge in [0.1, 0.15) is 5.60 Å². The van der Waals surface area contributed by atoms with Crippen molar-refractivity contribution in [3.05, 3.63) is 60.7 Å². The molecule has 3 rings (SSSR count). The Kier molecular flexibility index (Phi) is 8.80. The normalized spacial score (nSPS) is 19.6. The minimum atomic E-state index is -2.52. The van der Waals surface area contributed by atoms with Gasteiger partial charge in [-0.25, -0.2) is 0 Å². The van der Waals surface area contributed by atoms with Crippen LogP contribution in [0.4, 0.5) is 0 Å². The molecule has 2 aromatic carbocycles. The fourth-order valence-corrected chi connectivity index (χ4v) is 10.2. The lowest BCUT2D eigenvalue weighted by atomic mass is 9.84. The molecule has 1 aliphatic carbocycles. The lowest BCUT2D eigenvalue weighted by Gasteiger charge is -2.46. The quantitative estimate of drug-likeness (QED) is 0.314. The third-order valence-corrected chi connectivity index (χ3v) is 12.0. The summed E-state index contributed by atoms with van der Waals surface area (Å²) in [7, 11) is -2.52. The maximum absolute atomic E-state index is 12.1. The molecule has 2 atom stereocenters.